The number of amides is 1. The number of aryl methyl sites for hydroxylation is 1. The Labute approximate surface area is 147 Å². The number of rotatable bonds is 8. The smallest absolute Gasteiger partial charge is 0.251 e. The van der Waals surface area contributed by atoms with E-state index in [2.05, 4.69) is 10.0 Å². The van der Waals surface area contributed by atoms with Crippen LogP contribution in [0.4, 0.5) is 0 Å². The van der Waals surface area contributed by atoms with Crippen LogP contribution >= 0.6 is 0 Å². The van der Waals surface area contributed by atoms with Crippen molar-refractivity contribution in [3.63, 3.8) is 0 Å². The van der Waals surface area contributed by atoms with Gasteiger partial charge in [-0.15, -0.1) is 0 Å². The molecule has 1 amide bonds. The van der Waals surface area contributed by atoms with Crippen molar-refractivity contribution in [3.8, 4) is 0 Å². The highest BCUT2D eigenvalue weighted by molar-refractivity contribution is 7.89. The molecule has 0 spiro atoms. The van der Waals surface area contributed by atoms with Crippen molar-refractivity contribution in [1.82, 2.24) is 10.0 Å². The Bertz CT molecular complexity index is 809. The van der Waals surface area contributed by atoms with E-state index in [4.69, 9.17) is 4.42 Å². The van der Waals surface area contributed by atoms with Gasteiger partial charge in [-0.2, -0.15) is 0 Å². The number of sulfonamides is 1. The standard InChI is InChI=1S/C18H22N2O4S/c1-13(4-9-16-3-2-12-24-16)19-18(21)14-5-10-17(11-6-14)25(22,23)20-15-7-8-15/h2-3,5-6,10-13,15,20H,4,7-9H2,1H3,(H,19,21). The Morgan fingerprint density at radius 3 is 2.56 bits per heavy atom. The van der Waals surface area contributed by atoms with Crippen LogP contribution < -0.4 is 10.0 Å². The average Bonchev–Trinajstić information content (AvgIpc) is 3.23. The van der Waals surface area contributed by atoms with E-state index >= 15 is 0 Å². The molecule has 1 fully saturated rings. The van der Waals surface area contributed by atoms with Gasteiger partial charge in [0.15, 0.2) is 0 Å². The van der Waals surface area contributed by atoms with E-state index in [0.29, 0.717) is 5.56 Å². The molecule has 1 aliphatic rings. The zero-order chi connectivity index (χ0) is 17.9. The van der Waals surface area contributed by atoms with Gasteiger partial charge in [0, 0.05) is 24.1 Å². The molecule has 0 bridgehead atoms. The third-order valence-electron chi connectivity index (χ3n) is 4.11. The van der Waals surface area contributed by atoms with Gasteiger partial charge in [-0.3, -0.25) is 4.79 Å². The van der Waals surface area contributed by atoms with E-state index in [-0.39, 0.29) is 22.9 Å². The van der Waals surface area contributed by atoms with Gasteiger partial charge in [-0.1, -0.05) is 0 Å². The first kappa shape index (κ1) is 17.7. The van der Waals surface area contributed by atoms with Crippen LogP contribution in [0, 0.1) is 0 Å². The minimum Gasteiger partial charge on any atom is -0.469 e. The Hall–Kier alpha value is -2.12. The van der Waals surface area contributed by atoms with Gasteiger partial charge < -0.3 is 9.73 Å². The molecule has 0 radical (unpaired) electrons. The highest BCUT2D eigenvalue weighted by Gasteiger charge is 2.28. The van der Waals surface area contributed by atoms with E-state index in [0.717, 1.165) is 31.4 Å². The lowest BCUT2D eigenvalue weighted by atomic mass is 10.1. The van der Waals surface area contributed by atoms with Crippen LogP contribution in [0.2, 0.25) is 0 Å². The molecule has 2 aromatic rings. The van der Waals surface area contributed by atoms with Crippen LogP contribution in [0.3, 0.4) is 0 Å². The Morgan fingerprint density at radius 1 is 1.24 bits per heavy atom. The maximum absolute atomic E-state index is 12.3. The minimum absolute atomic E-state index is 0.0162. The molecule has 25 heavy (non-hydrogen) atoms. The van der Waals surface area contributed by atoms with Crippen molar-refractivity contribution < 1.29 is 17.6 Å². The molecule has 1 atom stereocenters. The highest BCUT2D eigenvalue weighted by atomic mass is 32.2. The SMILES string of the molecule is CC(CCc1ccco1)NC(=O)c1ccc(S(=O)(=O)NC2CC2)cc1. The van der Waals surface area contributed by atoms with E-state index in [1.165, 1.54) is 24.3 Å². The number of carbonyl (C=O) groups excluding carboxylic acids is 1. The molecule has 0 aliphatic heterocycles. The zero-order valence-electron chi connectivity index (χ0n) is 14.1. The molecular formula is C18H22N2O4S. The maximum atomic E-state index is 12.3. The molecule has 0 saturated heterocycles. The van der Waals surface area contributed by atoms with Crippen molar-refractivity contribution in [2.45, 2.75) is 49.6 Å². The summed E-state index contributed by atoms with van der Waals surface area (Å²) in [5.74, 6) is 0.671. The van der Waals surface area contributed by atoms with Gasteiger partial charge in [0.25, 0.3) is 5.91 Å². The maximum Gasteiger partial charge on any atom is 0.251 e. The monoisotopic (exact) mass is 362 g/mol. The van der Waals surface area contributed by atoms with Gasteiger partial charge in [0.05, 0.1) is 11.2 Å². The first-order valence-electron chi connectivity index (χ1n) is 8.40. The van der Waals surface area contributed by atoms with Crippen molar-refractivity contribution >= 4 is 15.9 Å². The quantitative estimate of drug-likeness (QED) is 0.755. The van der Waals surface area contributed by atoms with Crippen molar-refractivity contribution in [3.05, 3.63) is 54.0 Å². The van der Waals surface area contributed by atoms with Crippen LogP contribution in [-0.4, -0.2) is 26.4 Å². The third-order valence-corrected chi connectivity index (χ3v) is 5.64. The van der Waals surface area contributed by atoms with Crippen molar-refractivity contribution in [2.75, 3.05) is 0 Å². The van der Waals surface area contributed by atoms with Crippen molar-refractivity contribution in [1.29, 1.82) is 0 Å². The molecule has 7 heteroatoms. The summed E-state index contributed by atoms with van der Waals surface area (Å²) in [7, 11) is -3.49. The average molecular weight is 362 g/mol. The second-order valence-corrected chi connectivity index (χ2v) is 8.13. The summed E-state index contributed by atoms with van der Waals surface area (Å²) in [6.45, 7) is 1.93. The molecule has 1 saturated carbocycles. The van der Waals surface area contributed by atoms with Crippen LogP contribution in [-0.2, 0) is 16.4 Å². The third kappa shape index (κ3) is 4.93. The van der Waals surface area contributed by atoms with Crippen LogP contribution in [0.1, 0.15) is 42.3 Å². The predicted molar refractivity (Wildman–Crippen MR) is 93.7 cm³/mol. The number of furan rings is 1. The summed E-state index contributed by atoms with van der Waals surface area (Å²) < 4.78 is 32.1. The minimum atomic E-state index is -3.49. The fourth-order valence-electron chi connectivity index (χ4n) is 2.47. The summed E-state index contributed by atoms with van der Waals surface area (Å²) in [5, 5.41) is 2.91. The number of carbonyl (C=O) groups is 1. The molecule has 1 aliphatic carbocycles. The molecular weight excluding hydrogens is 340 g/mol. The van der Waals surface area contributed by atoms with Gasteiger partial charge in [0.1, 0.15) is 5.76 Å². The van der Waals surface area contributed by atoms with Gasteiger partial charge in [-0.05, 0) is 62.6 Å². The molecule has 134 valence electrons. The van der Waals surface area contributed by atoms with Crippen LogP contribution in [0.25, 0.3) is 0 Å². The fraction of sp³-hybridized carbons (Fsp3) is 0.389. The number of benzene rings is 1. The Kier molecular flexibility index (Phi) is 5.24. The topological polar surface area (TPSA) is 88.4 Å². The Balaban J connectivity index is 1.54. The second kappa shape index (κ2) is 7.41. The molecule has 1 aromatic heterocycles. The summed E-state index contributed by atoms with van der Waals surface area (Å²) in [5.41, 5.74) is 0.440. The van der Waals surface area contributed by atoms with E-state index in [9.17, 15) is 13.2 Å². The molecule has 3 rings (SSSR count). The lowest BCUT2D eigenvalue weighted by Crippen LogP contribution is -2.33. The van der Waals surface area contributed by atoms with E-state index in [1.807, 2.05) is 19.1 Å². The van der Waals surface area contributed by atoms with Gasteiger partial charge >= 0.3 is 0 Å². The molecule has 1 heterocycles. The molecule has 2 N–H and O–H groups in total. The molecule has 1 unspecified atom stereocenters. The van der Waals surface area contributed by atoms with E-state index in [1.54, 1.807) is 6.26 Å². The Morgan fingerprint density at radius 2 is 1.96 bits per heavy atom. The first-order chi connectivity index (χ1) is 11.9. The second-order valence-electron chi connectivity index (χ2n) is 6.41. The van der Waals surface area contributed by atoms with Gasteiger partial charge in [0.2, 0.25) is 10.0 Å². The van der Waals surface area contributed by atoms with E-state index < -0.39 is 10.0 Å². The van der Waals surface area contributed by atoms with Gasteiger partial charge in [-0.25, -0.2) is 13.1 Å². The summed E-state index contributed by atoms with van der Waals surface area (Å²) in [4.78, 5) is 12.4. The summed E-state index contributed by atoms with van der Waals surface area (Å²) >= 11 is 0. The number of hydrogen-bond acceptors (Lipinski definition) is 4. The fourth-order valence-corrected chi connectivity index (χ4v) is 3.77. The lowest BCUT2D eigenvalue weighted by molar-refractivity contribution is 0.0938. The molecule has 1 aromatic carbocycles. The van der Waals surface area contributed by atoms with Crippen LogP contribution in [0.15, 0.2) is 52.0 Å². The number of hydrogen-bond donors (Lipinski definition) is 2. The predicted octanol–water partition coefficient (Wildman–Crippen LogP) is 2.47. The zero-order valence-corrected chi connectivity index (χ0v) is 14.9. The van der Waals surface area contributed by atoms with Crippen LogP contribution in [0.5, 0.6) is 0 Å². The highest BCUT2D eigenvalue weighted by Crippen LogP contribution is 2.22. The van der Waals surface area contributed by atoms with Crippen molar-refractivity contribution in [2.24, 2.45) is 0 Å². The largest absolute Gasteiger partial charge is 0.469 e. The lowest BCUT2D eigenvalue weighted by Gasteiger charge is -2.13. The summed E-state index contributed by atoms with van der Waals surface area (Å²) in [6, 6.07) is 9.79. The molecule has 6 nitrogen and oxygen atoms in total. The first-order valence-corrected chi connectivity index (χ1v) is 9.88. The summed E-state index contributed by atoms with van der Waals surface area (Å²) in [6.07, 6.45) is 4.91. The normalized spacial score (nSPS) is 15.7. The number of nitrogens with one attached hydrogen (secondary N) is 2.